The minimum atomic E-state index is -1.29. The van der Waals surface area contributed by atoms with E-state index >= 15 is 0 Å². The van der Waals surface area contributed by atoms with Crippen LogP contribution in [0.4, 0.5) is 8.78 Å². The van der Waals surface area contributed by atoms with Crippen molar-refractivity contribution < 1.29 is 13.5 Å². The normalized spacial score (nSPS) is 33.4. The van der Waals surface area contributed by atoms with Crippen molar-refractivity contribution in [2.75, 3.05) is 6.67 Å². The van der Waals surface area contributed by atoms with Gasteiger partial charge in [0.25, 0.3) is 6.02 Å². The summed E-state index contributed by atoms with van der Waals surface area (Å²) < 4.78 is 32.9. The maximum Gasteiger partial charge on any atom is 0.283 e. The van der Waals surface area contributed by atoms with Crippen LogP contribution in [0.25, 0.3) is 0 Å². The van der Waals surface area contributed by atoms with Crippen molar-refractivity contribution in [1.82, 2.24) is 0 Å². The summed E-state index contributed by atoms with van der Waals surface area (Å²) in [6.07, 6.45) is 0.455. The quantitative estimate of drug-likeness (QED) is 0.898. The van der Waals surface area contributed by atoms with Gasteiger partial charge >= 0.3 is 0 Å². The van der Waals surface area contributed by atoms with Gasteiger partial charge in [-0.1, -0.05) is 23.7 Å². The van der Waals surface area contributed by atoms with E-state index in [4.69, 9.17) is 22.1 Å². The van der Waals surface area contributed by atoms with Gasteiger partial charge < -0.3 is 10.5 Å². The Bertz CT molecular complexity index is 537. The Balaban J connectivity index is 2.17. The third kappa shape index (κ3) is 1.50. The van der Waals surface area contributed by atoms with E-state index in [1.807, 2.05) is 0 Å². The van der Waals surface area contributed by atoms with Crippen LogP contribution >= 0.6 is 11.6 Å². The van der Waals surface area contributed by atoms with Gasteiger partial charge in [-0.2, -0.15) is 0 Å². The molecule has 1 aliphatic carbocycles. The van der Waals surface area contributed by atoms with E-state index in [1.165, 1.54) is 12.1 Å². The number of benzene rings is 1. The molecular formula is C12H11ClF2N2O. The third-order valence-electron chi connectivity index (χ3n) is 3.55. The Morgan fingerprint density at radius 2 is 2.33 bits per heavy atom. The molecule has 0 spiro atoms. The first-order valence-electron chi connectivity index (χ1n) is 5.61. The van der Waals surface area contributed by atoms with Crippen molar-refractivity contribution in [1.29, 1.82) is 0 Å². The van der Waals surface area contributed by atoms with Crippen molar-refractivity contribution in [3.63, 3.8) is 0 Å². The highest BCUT2D eigenvalue weighted by molar-refractivity contribution is 6.30. The van der Waals surface area contributed by atoms with Crippen molar-refractivity contribution in [3.8, 4) is 0 Å². The molecule has 3 nitrogen and oxygen atoms in total. The topological polar surface area (TPSA) is 47.6 Å². The summed E-state index contributed by atoms with van der Waals surface area (Å²) >= 11 is 5.74. The number of nitrogens with two attached hydrogens (primary N) is 1. The van der Waals surface area contributed by atoms with Gasteiger partial charge in [0, 0.05) is 11.5 Å². The Morgan fingerprint density at radius 3 is 3.06 bits per heavy atom. The number of halogens is 3. The highest BCUT2D eigenvalue weighted by atomic mass is 35.5. The van der Waals surface area contributed by atoms with E-state index in [0.717, 1.165) is 0 Å². The number of nitrogens with zero attached hydrogens (tertiary/aromatic N) is 1. The Hall–Kier alpha value is -1.36. The molecule has 0 bridgehead atoms. The summed E-state index contributed by atoms with van der Waals surface area (Å²) in [7, 11) is 0. The summed E-state index contributed by atoms with van der Waals surface area (Å²) in [6, 6.07) is 4.41. The van der Waals surface area contributed by atoms with Crippen molar-refractivity contribution in [2.24, 2.45) is 16.6 Å². The fourth-order valence-electron chi connectivity index (χ4n) is 2.56. The fourth-order valence-corrected chi connectivity index (χ4v) is 2.74. The molecule has 96 valence electrons. The van der Waals surface area contributed by atoms with Crippen molar-refractivity contribution in [3.05, 3.63) is 34.6 Å². The van der Waals surface area contributed by atoms with Gasteiger partial charge in [-0.25, -0.2) is 13.8 Å². The lowest BCUT2D eigenvalue weighted by atomic mass is 9.85. The molecule has 2 N–H and O–H groups in total. The largest absolute Gasteiger partial charge is 0.462 e. The smallest absolute Gasteiger partial charge is 0.283 e. The van der Waals surface area contributed by atoms with E-state index in [2.05, 4.69) is 4.99 Å². The summed E-state index contributed by atoms with van der Waals surface area (Å²) in [6.45, 7) is -0.824. The Kier molecular flexibility index (Phi) is 2.48. The number of rotatable bonds is 2. The number of amidine groups is 1. The monoisotopic (exact) mass is 272 g/mol. The van der Waals surface area contributed by atoms with Gasteiger partial charge in [-0.05, 0) is 12.5 Å². The van der Waals surface area contributed by atoms with Crippen LogP contribution < -0.4 is 5.73 Å². The van der Waals surface area contributed by atoms with E-state index in [-0.39, 0.29) is 28.6 Å². The first kappa shape index (κ1) is 11.7. The first-order valence-corrected chi connectivity index (χ1v) is 5.98. The van der Waals surface area contributed by atoms with E-state index < -0.39 is 18.0 Å². The molecule has 3 atom stereocenters. The second-order valence-electron chi connectivity index (χ2n) is 4.61. The zero-order valence-corrected chi connectivity index (χ0v) is 10.1. The zero-order chi connectivity index (χ0) is 12.9. The highest BCUT2D eigenvalue weighted by Crippen LogP contribution is 2.53. The molecule has 0 unspecified atom stereocenters. The number of hydrogen-bond acceptors (Lipinski definition) is 3. The van der Waals surface area contributed by atoms with Gasteiger partial charge in [-0.3, -0.25) is 0 Å². The molecule has 1 fully saturated rings. The predicted molar refractivity (Wildman–Crippen MR) is 63.7 cm³/mol. The van der Waals surface area contributed by atoms with Gasteiger partial charge in [0.05, 0.1) is 5.02 Å². The summed E-state index contributed by atoms with van der Waals surface area (Å²) in [4.78, 5) is 4.03. The Morgan fingerprint density at radius 1 is 1.56 bits per heavy atom. The molecule has 2 aliphatic rings. The summed E-state index contributed by atoms with van der Waals surface area (Å²) in [5.41, 5.74) is 4.39. The van der Waals surface area contributed by atoms with Gasteiger partial charge in [0.15, 0.2) is 0 Å². The van der Waals surface area contributed by atoms with Crippen molar-refractivity contribution >= 4 is 17.6 Å². The molecule has 3 rings (SSSR count). The van der Waals surface area contributed by atoms with Crippen LogP contribution in [0.2, 0.25) is 5.02 Å². The number of alkyl halides is 1. The SMILES string of the molecule is NC1=N[C@](CF)(c2cccc(Cl)c2F)[C@@H]2C[C@@H]2O1. The van der Waals surface area contributed by atoms with Gasteiger partial charge in [0.2, 0.25) is 0 Å². The molecule has 0 radical (unpaired) electrons. The summed E-state index contributed by atoms with van der Waals surface area (Å²) in [5, 5.41) is -0.0437. The molecule has 18 heavy (non-hydrogen) atoms. The molecule has 0 amide bonds. The lowest BCUT2D eigenvalue weighted by Gasteiger charge is -2.31. The van der Waals surface area contributed by atoms with Crippen LogP contribution in [0.1, 0.15) is 12.0 Å². The second kappa shape index (κ2) is 3.82. The lowest BCUT2D eigenvalue weighted by Crippen LogP contribution is -2.39. The molecular weight excluding hydrogens is 262 g/mol. The van der Waals surface area contributed by atoms with Crippen LogP contribution in [-0.4, -0.2) is 18.8 Å². The van der Waals surface area contributed by atoms with E-state index in [0.29, 0.717) is 6.42 Å². The Labute approximate surface area is 108 Å². The maximum atomic E-state index is 14.1. The number of aliphatic imine (C=N–C) groups is 1. The average molecular weight is 273 g/mol. The standard InChI is InChI=1S/C12H11ClF2N2O/c13-8-3-1-2-6(10(8)15)12(5-14)7-4-9(7)18-11(16)17-12/h1-3,7,9H,4-5H2,(H2,16,17)/t7-,9+,12-/m1/s1. The van der Waals surface area contributed by atoms with Crippen molar-refractivity contribution in [2.45, 2.75) is 18.1 Å². The predicted octanol–water partition coefficient (Wildman–Crippen LogP) is 2.38. The minimum Gasteiger partial charge on any atom is -0.462 e. The van der Waals surface area contributed by atoms with Crippen LogP contribution in [-0.2, 0) is 10.3 Å². The molecule has 1 saturated carbocycles. The molecule has 1 heterocycles. The molecule has 0 saturated heterocycles. The molecule has 0 aromatic heterocycles. The van der Waals surface area contributed by atoms with Gasteiger partial charge in [0.1, 0.15) is 24.1 Å². The van der Waals surface area contributed by atoms with Crippen LogP contribution in [0.5, 0.6) is 0 Å². The first-order chi connectivity index (χ1) is 8.58. The zero-order valence-electron chi connectivity index (χ0n) is 9.37. The van der Waals surface area contributed by atoms with Crippen LogP contribution in [0, 0.1) is 11.7 Å². The molecule has 1 aliphatic heterocycles. The molecule has 1 aromatic carbocycles. The number of ether oxygens (including phenoxy) is 1. The third-order valence-corrected chi connectivity index (χ3v) is 3.84. The number of hydrogen-bond donors (Lipinski definition) is 1. The van der Waals surface area contributed by atoms with Gasteiger partial charge in [-0.15, -0.1) is 0 Å². The van der Waals surface area contributed by atoms with E-state index in [1.54, 1.807) is 6.07 Å². The fraction of sp³-hybridized carbons (Fsp3) is 0.417. The summed E-state index contributed by atoms with van der Waals surface area (Å²) in [5.74, 6) is -0.816. The number of fused-ring (bicyclic) bond motifs is 1. The minimum absolute atomic E-state index is 0.0437. The molecule has 1 aromatic rings. The average Bonchev–Trinajstić information content (AvgIpc) is 3.11. The second-order valence-corrected chi connectivity index (χ2v) is 5.02. The highest BCUT2D eigenvalue weighted by Gasteiger charge is 2.60. The lowest BCUT2D eigenvalue weighted by molar-refractivity contribution is 0.168. The molecule has 6 heteroatoms. The maximum absolute atomic E-state index is 14.1. The van der Waals surface area contributed by atoms with Crippen LogP contribution in [0.15, 0.2) is 23.2 Å². The van der Waals surface area contributed by atoms with E-state index in [9.17, 15) is 8.78 Å². The van der Waals surface area contributed by atoms with Crippen LogP contribution in [0.3, 0.4) is 0 Å².